The quantitative estimate of drug-likeness (QED) is 0.333. The Hall–Kier alpha value is -3.42. The van der Waals surface area contributed by atoms with Crippen LogP contribution in [0.1, 0.15) is 53.6 Å². The first-order chi connectivity index (χ1) is 19.5. The molecule has 206 valence electrons. The lowest BCUT2D eigenvalue weighted by Gasteiger charge is -2.40. The number of anilines is 1. The summed E-state index contributed by atoms with van der Waals surface area (Å²) in [5.41, 5.74) is 3.08. The molecule has 5 nitrogen and oxygen atoms in total. The second kappa shape index (κ2) is 12.0. The van der Waals surface area contributed by atoms with Crippen LogP contribution in [-0.2, 0) is 11.3 Å². The molecule has 0 spiro atoms. The topological polar surface area (TPSA) is 43.9 Å². The van der Waals surface area contributed by atoms with Gasteiger partial charge in [0.05, 0.1) is 17.1 Å². The number of rotatable bonds is 5. The number of carbonyl (C=O) groups excluding carboxylic acids is 2. The number of nitrogens with zero attached hydrogens (tertiary/aromatic N) is 3. The minimum atomic E-state index is -0.314. The maximum Gasteiger partial charge on any atom is 0.265 e. The van der Waals surface area contributed by atoms with E-state index in [4.69, 9.17) is 0 Å². The van der Waals surface area contributed by atoms with Crippen LogP contribution in [0.2, 0.25) is 0 Å². The van der Waals surface area contributed by atoms with Gasteiger partial charge in [-0.05, 0) is 60.4 Å². The molecule has 2 fully saturated rings. The minimum absolute atomic E-state index is 0.0101. The average molecular weight is 556 g/mol. The third-order valence-corrected chi connectivity index (χ3v) is 9.29. The summed E-state index contributed by atoms with van der Waals surface area (Å²) in [5, 5.41) is 0. The monoisotopic (exact) mass is 555 g/mol. The van der Waals surface area contributed by atoms with Crippen molar-refractivity contribution in [1.82, 2.24) is 9.80 Å². The van der Waals surface area contributed by atoms with Crippen LogP contribution >= 0.6 is 11.8 Å². The van der Waals surface area contributed by atoms with E-state index in [2.05, 4.69) is 4.90 Å². The average Bonchev–Trinajstić information content (AvgIpc) is 3.01. The summed E-state index contributed by atoms with van der Waals surface area (Å²) in [6, 6.07) is 22.4. The molecule has 3 aromatic rings. The number of thioether (sulfide) groups is 1. The second-order valence-electron chi connectivity index (χ2n) is 10.8. The smallest absolute Gasteiger partial charge is 0.265 e. The predicted molar refractivity (Wildman–Crippen MR) is 159 cm³/mol. The van der Waals surface area contributed by atoms with Gasteiger partial charge in [-0.2, -0.15) is 0 Å². The van der Waals surface area contributed by atoms with E-state index < -0.39 is 0 Å². The number of piperazine rings is 1. The van der Waals surface area contributed by atoms with E-state index in [1.165, 1.54) is 56.0 Å². The SMILES string of the molecule is O=C(c1ccc2c(c1)N(Cc1ccc(F)cc1)C(=O)/C(=C/c1ccccc1)S2)N1CCN(C2CCCCC2)CC1. The van der Waals surface area contributed by atoms with E-state index in [0.717, 1.165) is 47.9 Å². The molecule has 1 aliphatic carbocycles. The molecule has 0 atom stereocenters. The molecule has 1 saturated heterocycles. The molecule has 7 heteroatoms. The first kappa shape index (κ1) is 26.8. The maximum atomic E-state index is 13.8. The molecular formula is C33H34FN3O2S. The molecule has 1 saturated carbocycles. The van der Waals surface area contributed by atoms with E-state index in [-0.39, 0.29) is 24.2 Å². The minimum Gasteiger partial charge on any atom is -0.336 e. The molecule has 3 aliphatic rings. The zero-order valence-electron chi connectivity index (χ0n) is 22.6. The van der Waals surface area contributed by atoms with E-state index >= 15 is 0 Å². The lowest BCUT2D eigenvalue weighted by atomic mass is 9.94. The number of hydrogen-bond donors (Lipinski definition) is 0. The molecule has 0 N–H and O–H groups in total. The van der Waals surface area contributed by atoms with Gasteiger partial charge in [0.1, 0.15) is 5.82 Å². The van der Waals surface area contributed by atoms with Crippen molar-refractivity contribution in [2.75, 3.05) is 31.1 Å². The van der Waals surface area contributed by atoms with Gasteiger partial charge in [0.2, 0.25) is 0 Å². The van der Waals surface area contributed by atoms with E-state index in [9.17, 15) is 14.0 Å². The van der Waals surface area contributed by atoms with Gasteiger partial charge in [-0.15, -0.1) is 0 Å². The van der Waals surface area contributed by atoms with Crippen molar-refractivity contribution in [3.8, 4) is 0 Å². The van der Waals surface area contributed by atoms with Gasteiger partial charge in [0, 0.05) is 42.7 Å². The fraction of sp³-hybridized carbons (Fsp3) is 0.333. The Balaban J connectivity index is 1.25. The van der Waals surface area contributed by atoms with Gasteiger partial charge in [-0.3, -0.25) is 14.5 Å². The summed E-state index contributed by atoms with van der Waals surface area (Å²) in [4.78, 5) is 35.2. The van der Waals surface area contributed by atoms with Crippen LogP contribution in [0, 0.1) is 5.82 Å². The molecule has 2 aliphatic heterocycles. The summed E-state index contributed by atoms with van der Waals surface area (Å²) in [5.74, 6) is -0.432. The summed E-state index contributed by atoms with van der Waals surface area (Å²) in [6.45, 7) is 3.57. The highest BCUT2D eigenvalue weighted by Gasteiger charge is 2.32. The van der Waals surface area contributed by atoms with Crippen molar-refractivity contribution in [3.63, 3.8) is 0 Å². The number of fused-ring (bicyclic) bond motifs is 1. The standard InChI is InChI=1S/C33H34FN3O2S/c34-27-14-11-25(12-15-27)23-37-29-22-26(32(38)36-19-17-35(18-20-36)28-9-5-2-6-10-28)13-16-30(29)40-31(33(37)39)21-24-7-3-1-4-8-24/h1,3-4,7-8,11-16,21-22,28H,2,5-6,9-10,17-20,23H2/b31-21-. The van der Waals surface area contributed by atoms with Crippen LogP contribution in [0.4, 0.5) is 10.1 Å². The zero-order chi connectivity index (χ0) is 27.5. The first-order valence-electron chi connectivity index (χ1n) is 14.2. The van der Waals surface area contributed by atoms with Crippen molar-refractivity contribution in [2.45, 2.75) is 49.6 Å². The van der Waals surface area contributed by atoms with Gasteiger partial charge in [-0.25, -0.2) is 4.39 Å². The lowest BCUT2D eigenvalue weighted by molar-refractivity contribution is -0.114. The molecule has 6 rings (SSSR count). The number of carbonyl (C=O) groups is 2. The molecular weight excluding hydrogens is 521 g/mol. The molecule has 0 unspecified atom stereocenters. The second-order valence-corrected chi connectivity index (χ2v) is 11.9. The summed E-state index contributed by atoms with van der Waals surface area (Å²) >= 11 is 1.43. The third kappa shape index (κ3) is 5.86. The Kier molecular flexibility index (Phi) is 8.03. The highest BCUT2D eigenvalue weighted by Crippen LogP contribution is 2.43. The third-order valence-electron chi connectivity index (χ3n) is 8.22. The number of hydrogen-bond acceptors (Lipinski definition) is 4. The van der Waals surface area contributed by atoms with Gasteiger partial charge < -0.3 is 9.80 Å². The van der Waals surface area contributed by atoms with Crippen LogP contribution in [0.25, 0.3) is 6.08 Å². The molecule has 0 bridgehead atoms. The Morgan fingerprint density at radius 1 is 0.900 bits per heavy atom. The Labute approximate surface area is 239 Å². The predicted octanol–water partition coefficient (Wildman–Crippen LogP) is 6.60. The fourth-order valence-corrected chi connectivity index (χ4v) is 7.03. The number of amides is 2. The van der Waals surface area contributed by atoms with Crippen LogP contribution < -0.4 is 4.90 Å². The number of benzene rings is 3. The first-order valence-corrected chi connectivity index (χ1v) is 15.0. The van der Waals surface area contributed by atoms with Crippen molar-refractivity contribution >= 4 is 35.3 Å². The summed E-state index contributed by atoms with van der Waals surface area (Å²) in [7, 11) is 0. The molecule has 3 aromatic carbocycles. The Morgan fingerprint density at radius 2 is 1.62 bits per heavy atom. The van der Waals surface area contributed by atoms with E-state index in [1.54, 1.807) is 17.0 Å². The number of halogens is 1. The fourth-order valence-electron chi connectivity index (χ4n) is 5.99. The molecule has 0 radical (unpaired) electrons. The van der Waals surface area contributed by atoms with Gasteiger partial charge in [-0.1, -0.05) is 73.5 Å². The zero-order valence-corrected chi connectivity index (χ0v) is 23.4. The van der Waals surface area contributed by atoms with E-state index in [0.29, 0.717) is 16.5 Å². The normalized spacial score (nSPS) is 19.6. The van der Waals surface area contributed by atoms with Crippen LogP contribution in [0.15, 0.2) is 82.6 Å². The lowest BCUT2D eigenvalue weighted by Crippen LogP contribution is -2.52. The summed E-state index contributed by atoms with van der Waals surface area (Å²) in [6.07, 6.45) is 8.41. The highest BCUT2D eigenvalue weighted by molar-refractivity contribution is 8.04. The van der Waals surface area contributed by atoms with Crippen molar-refractivity contribution in [1.29, 1.82) is 0 Å². The van der Waals surface area contributed by atoms with Crippen LogP contribution in [0.5, 0.6) is 0 Å². The molecule has 0 aromatic heterocycles. The van der Waals surface area contributed by atoms with Crippen molar-refractivity contribution in [3.05, 3.63) is 100 Å². The van der Waals surface area contributed by atoms with Gasteiger partial charge in [0.25, 0.3) is 11.8 Å². The molecule has 40 heavy (non-hydrogen) atoms. The molecule has 2 heterocycles. The van der Waals surface area contributed by atoms with Crippen molar-refractivity contribution < 1.29 is 14.0 Å². The largest absolute Gasteiger partial charge is 0.336 e. The van der Waals surface area contributed by atoms with Crippen molar-refractivity contribution in [2.24, 2.45) is 0 Å². The highest BCUT2D eigenvalue weighted by atomic mass is 32.2. The molecule has 2 amide bonds. The van der Waals surface area contributed by atoms with Gasteiger partial charge in [0.15, 0.2) is 0 Å². The van der Waals surface area contributed by atoms with Crippen LogP contribution in [0.3, 0.4) is 0 Å². The van der Waals surface area contributed by atoms with Gasteiger partial charge >= 0.3 is 0 Å². The van der Waals surface area contributed by atoms with Crippen LogP contribution in [-0.4, -0.2) is 53.8 Å². The Bertz CT molecular complexity index is 1390. The Morgan fingerprint density at radius 3 is 2.35 bits per heavy atom. The van der Waals surface area contributed by atoms with E-state index in [1.807, 2.05) is 59.5 Å². The summed E-state index contributed by atoms with van der Waals surface area (Å²) < 4.78 is 13.6. The maximum absolute atomic E-state index is 13.8.